The molecule has 6 heteroatoms. The molecular formula is C29H38N2O4. The van der Waals surface area contributed by atoms with E-state index in [0.717, 1.165) is 37.2 Å². The van der Waals surface area contributed by atoms with Crippen LogP contribution in [-0.2, 0) is 20.9 Å². The number of benzene rings is 2. The first kappa shape index (κ1) is 26.3. The summed E-state index contributed by atoms with van der Waals surface area (Å²) in [5.41, 5.74) is 14.6. The van der Waals surface area contributed by atoms with Crippen molar-refractivity contribution in [2.45, 2.75) is 77.4 Å². The first-order valence-electron chi connectivity index (χ1n) is 12.7. The molecule has 6 nitrogen and oxygen atoms in total. The highest BCUT2D eigenvalue weighted by Crippen LogP contribution is 2.30. The molecule has 4 N–H and O–H groups in total. The molecule has 1 aliphatic rings. The van der Waals surface area contributed by atoms with Gasteiger partial charge in [-0.1, -0.05) is 57.2 Å². The molecule has 1 fully saturated rings. The van der Waals surface area contributed by atoms with Gasteiger partial charge in [0.05, 0.1) is 5.56 Å². The maximum Gasteiger partial charge on any atom is 0.338 e. The average Bonchev–Trinajstić information content (AvgIpc) is 2.86. The smallest absolute Gasteiger partial charge is 0.338 e. The molecule has 188 valence electrons. The number of unbranched alkanes of at least 4 members (excludes halogenated alkanes) is 3. The van der Waals surface area contributed by atoms with Crippen LogP contribution in [0.3, 0.4) is 0 Å². The second-order valence-corrected chi connectivity index (χ2v) is 9.42. The van der Waals surface area contributed by atoms with Crippen molar-refractivity contribution in [1.29, 1.82) is 0 Å². The molecule has 1 aliphatic carbocycles. The Morgan fingerprint density at radius 3 is 2.40 bits per heavy atom. The molecule has 0 aromatic heterocycles. The minimum Gasteiger partial charge on any atom is -0.459 e. The highest BCUT2D eigenvalue weighted by atomic mass is 16.5. The quantitative estimate of drug-likeness (QED) is 0.170. The average molecular weight is 479 g/mol. The predicted molar refractivity (Wildman–Crippen MR) is 140 cm³/mol. The molecule has 3 rings (SSSR count). The minimum absolute atomic E-state index is 0.0128. The Balaban J connectivity index is 1.40. The maximum absolute atomic E-state index is 12.6. The van der Waals surface area contributed by atoms with E-state index >= 15 is 0 Å². The van der Waals surface area contributed by atoms with Gasteiger partial charge in [-0.2, -0.15) is 0 Å². The highest BCUT2D eigenvalue weighted by molar-refractivity contribution is 5.90. The number of hydrogen-bond donors (Lipinski definition) is 2. The van der Waals surface area contributed by atoms with Gasteiger partial charge in [0, 0.05) is 23.0 Å². The lowest BCUT2D eigenvalue weighted by atomic mass is 9.84. The van der Waals surface area contributed by atoms with E-state index in [1.54, 1.807) is 48.5 Å². The summed E-state index contributed by atoms with van der Waals surface area (Å²) >= 11 is 0. The van der Waals surface area contributed by atoms with Crippen LogP contribution in [0.2, 0.25) is 0 Å². The van der Waals surface area contributed by atoms with Crippen LogP contribution in [0.15, 0.2) is 48.5 Å². The van der Waals surface area contributed by atoms with Gasteiger partial charge in [-0.15, -0.1) is 0 Å². The van der Waals surface area contributed by atoms with Crippen LogP contribution in [0, 0.1) is 5.92 Å². The van der Waals surface area contributed by atoms with Crippen molar-refractivity contribution in [2.75, 3.05) is 11.5 Å². The number of hydrogen-bond acceptors (Lipinski definition) is 6. The van der Waals surface area contributed by atoms with Crippen molar-refractivity contribution in [1.82, 2.24) is 0 Å². The van der Waals surface area contributed by atoms with Gasteiger partial charge in [0.25, 0.3) is 0 Å². The van der Waals surface area contributed by atoms with E-state index in [1.165, 1.54) is 38.2 Å². The van der Waals surface area contributed by atoms with Crippen molar-refractivity contribution in [2.24, 2.45) is 5.92 Å². The molecule has 35 heavy (non-hydrogen) atoms. The summed E-state index contributed by atoms with van der Waals surface area (Å²) in [4.78, 5) is 24.6. The Hall–Kier alpha value is -3.28. The fourth-order valence-corrected chi connectivity index (χ4v) is 4.45. The van der Waals surface area contributed by atoms with Gasteiger partial charge in [0.1, 0.15) is 12.7 Å². The number of carbonyl (C=O) groups is 2. The van der Waals surface area contributed by atoms with Crippen LogP contribution >= 0.6 is 0 Å². The lowest BCUT2D eigenvalue weighted by Gasteiger charge is -2.28. The van der Waals surface area contributed by atoms with Gasteiger partial charge >= 0.3 is 11.9 Å². The number of carbonyl (C=O) groups excluding carboxylic acids is 2. The normalized spacial score (nSPS) is 17.9. The Morgan fingerprint density at radius 1 is 0.971 bits per heavy atom. The summed E-state index contributed by atoms with van der Waals surface area (Å²) in [5.74, 6) is 0.0153. The lowest BCUT2D eigenvalue weighted by Crippen LogP contribution is -2.24. The van der Waals surface area contributed by atoms with E-state index in [1.807, 2.05) is 0 Å². The fraction of sp³-hybridized carbons (Fsp3) is 0.448. The number of nitrogens with two attached hydrogens (primary N) is 2. The van der Waals surface area contributed by atoms with Crippen LogP contribution in [0.5, 0.6) is 0 Å². The van der Waals surface area contributed by atoms with Gasteiger partial charge in [0.15, 0.2) is 0 Å². The zero-order chi connectivity index (χ0) is 25.0. The van der Waals surface area contributed by atoms with Crippen molar-refractivity contribution < 1.29 is 19.1 Å². The number of nitrogen functional groups attached to an aromatic ring is 2. The molecule has 0 amide bonds. The molecule has 0 unspecified atom stereocenters. The molecule has 2 aromatic carbocycles. The summed E-state index contributed by atoms with van der Waals surface area (Å²) in [6.07, 6.45) is 13.8. The number of ether oxygens (including phenoxy) is 2. The molecule has 0 atom stereocenters. The summed E-state index contributed by atoms with van der Waals surface area (Å²) < 4.78 is 11.0. The SMILES string of the molecule is CCCCCCC1CCC(OC(=O)c2ccc(C=CC(=O)OCc3ccc(N)cc3N)cc2)CC1. The van der Waals surface area contributed by atoms with Crippen molar-refractivity contribution in [3.8, 4) is 0 Å². The molecule has 0 heterocycles. The van der Waals surface area contributed by atoms with E-state index in [4.69, 9.17) is 20.9 Å². The molecule has 1 saturated carbocycles. The van der Waals surface area contributed by atoms with Gasteiger partial charge < -0.3 is 20.9 Å². The topological polar surface area (TPSA) is 105 Å². The van der Waals surface area contributed by atoms with Crippen LogP contribution < -0.4 is 11.5 Å². The Morgan fingerprint density at radius 2 is 1.71 bits per heavy atom. The second kappa shape index (κ2) is 13.6. The van der Waals surface area contributed by atoms with Crippen molar-refractivity contribution >= 4 is 29.4 Å². The van der Waals surface area contributed by atoms with E-state index in [2.05, 4.69) is 6.92 Å². The standard InChI is InChI=1S/C29H38N2O4/c1-2-3-4-5-6-21-9-16-26(17-10-21)35-29(33)23-12-7-22(8-13-23)11-18-28(32)34-20-24-14-15-25(30)19-27(24)31/h7-8,11-15,18-19,21,26H,2-6,9-10,16-17,20,30-31H2,1H3. The van der Waals surface area contributed by atoms with Crippen molar-refractivity contribution in [3.05, 3.63) is 65.2 Å². The Kier molecular flexibility index (Phi) is 10.2. The summed E-state index contributed by atoms with van der Waals surface area (Å²) in [7, 11) is 0. The Labute approximate surface area is 208 Å². The van der Waals surface area contributed by atoms with Gasteiger partial charge in [-0.25, -0.2) is 9.59 Å². The monoisotopic (exact) mass is 478 g/mol. The van der Waals surface area contributed by atoms with Crippen LogP contribution in [0.4, 0.5) is 11.4 Å². The van der Waals surface area contributed by atoms with Gasteiger partial charge in [-0.3, -0.25) is 0 Å². The van der Waals surface area contributed by atoms with Crippen LogP contribution in [0.25, 0.3) is 6.08 Å². The number of esters is 2. The molecule has 0 aliphatic heterocycles. The Bertz CT molecular complexity index is 992. The number of anilines is 2. The zero-order valence-electron chi connectivity index (χ0n) is 20.7. The number of rotatable bonds is 11. The summed E-state index contributed by atoms with van der Waals surface area (Å²) in [5, 5.41) is 0. The van der Waals surface area contributed by atoms with E-state index in [9.17, 15) is 9.59 Å². The molecule has 0 bridgehead atoms. The molecule has 0 saturated heterocycles. The lowest BCUT2D eigenvalue weighted by molar-refractivity contribution is -0.138. The first-order chi connectivity index (χ1) is 16.9. The van der Waals surface area contributed by atoms with Gasteiger partial charge in [0.2, 0.25) is 0 Å². The first-order valence-corrected chi connectivity index (χ1v) is 12.7. The summed E-state index contributed by atoms with van der Waals surface area (Å²) in [6, 6.07) is 12.1. The molecular weight excluding hydrogens is 440 g/mol. The predicted octanol–water partition coefficient (Wildman–Crippen LogP) is 6.29. The third-order valence-electron chi connectivity index (χ3n) is 6.63. The van der Waals surface area contributed by atoms with Crippen LogP contribution in [-0.4, -0.2) is 18.0 Å². The largest absolute Gasteiger partial charge is 0.459 e. The molecule has 0 radical (unpaired) electrons. The minimum atomic E-state index is -0.481. The van der Waals surface area contributed by atoms with Gasteiger partial charge in [-0.05, 0) is 67.5 Å². The maximum atomic E-state index is 12.6. The molecule has 0 spiro atoms. The van der Waals surface area contributed by atoms with Crippen LogP contribution in [0.1, 0.15) is 86.2 Å². The highest BCUT2D eigenvalue weighted by Gasteiger charge is 2.24. The van der Waals surface area contributed by atoms with Crippen molar-refractivity contribution in [3.63, 3.8) is 0 Å². The van der Waals surface area contributed by atoms with E-state index < -0.39 is 5.97 Å². The molecule has 2 aromatic rings. The fourth-order valence-electron chi connectivity index (χ4n) is 4.45. The third kappa shape index (κ3) is 8.78. The zero-order valence-corrected chi connectivity index (χ0v) is 20.7. The second-order valence-electron chi connectivity index (χ2n) is 9.42. The van der Waals surface area contributed by atoms with E-state index in [-0.39, 0.29) is 18.7 Å². The third-order valence-corrected chi connectivity index (χ3v) is 6.63. The van der Waals surface area contributed by atoms with E-state index in [0.29, 0.717) is 22.5 Å². The summed E-state index contributed by atoms with van der Waals surface area (Å²) in [6.45, 7) is 2.31.